The van der Waals surface area contributed by atoms with Crippen molar-refractivity contribution in [1.29, 1.82) is 0 Å². The number of aromatic hydroxyl groups is 1. The highest BCUT2D eigenvalue weighted by atomic mass is 35.5. The van der Waals surface area contributed by atoms with Crippen LogP contribution >= 0.6 is 23.4 Å². The first-order valence-electron chi connectivity index (χ1n) is 4.97. The van der Waals surface area contributed by atoms with Gasteiger partial charge in [-0.1, -0.05) is 29.4 Å². The average Bonchev–Trinajstić information content (AvgIpc) is 2.34. The molecule has 0 radical (unpaired) electrons. The molecule has 0 heterocycles. The van der Waals surface area contributed by atoms with Gasteiger partial charge in [0.15, 0.2) is 0 Å². The second-order valence-corrected chi connectivity index (χ2v) is 4.96. The van der Waals surface area contributed by atoms with Crippen LogP contribution in [0.4, 0.5) is 5.69 Å². The smallest absolute Gasteiger partial charge is 0.287 e. The SMILES string of the molecule is O=[N+]([O-])c1cccc(O)c1Sc1ccc(Cl)cc1. The van der Waals surface area contributed by atoms with Gasteiger partial charge in [0.2, 0.25) is 0 Å². The summed E-state index contributed by atoms with van der Waals surface area (Å²) in [5.41, 5.74) is -0.116. The Kier molecular flexibility index (Phi) is 3.74. The zero-order valence-corrected chi connectivity index (χ0v) is 10.6. The second-order valence-electron chi connectivity index (χ2n) is 3.44. The van der Waals surface area contributed by atoms with Gasteiger partial charge in [0.05, 0.1) is 4.92 Å². The topological polar surface area (TPSA) is 63.4 Å². The highest BCUT2D eigenvalue weighted by Gasteiger charge is 2.18. The molecule has 2 rings (SSSR count). The zero-order valence-electron chi connectivity index (χ0n) is 9.04. The molecule has 0 saturated carbocycles. The number of halogens is 1. The summed E-state index contributed by atoms with van der Waals surface area (Å²) in [7, 11) is 0. The molecule has 0 unspecified atom stereocenters. The maximum Gasteiger partial charge on any atom is 0.287 e. The van der Waals surface area contributed by atoms with Gasteiger partial charge in [0, 0.05) is 16.0 Å². The van der Waals surface area contributed by atoms with E-state index < -0.39 is 4.92 Å². The Balaban J connectivity index is 2.39. The Labute approximate surface area is 112 Å². The molecule has 0 saturated heterocycles. The Bertz CT molecular complexity index is 586. The molecule has 92 valence electrons. The number of nitrogens with zero attached hydrogens (tertiary/aromatic N) is 1. The number of hydrogen-bond acceptors (Lipinski definition) is 4. The van der Waals surface area contributed by atoms with E-state index in [1.807, 2.05) is 0 Å². The number of nitro benzene ring substituents is 1. The Morgan fingerprint density at radius 3 is 2.44 bits per heavy atom. The third-order valence-corrected chi connectivity index (χ3v) is 3.59. The molecule has 0 aliphatic carbocycles. The summed E-state index contributed by atoms with van der Waals surface area (Å²) in [6.07, 6.45) is 0. The quantitative estimate of drug-likeness (QED) is 0.679. The summed E-state index contributed by atoms with van der Waals surface area (Å²) in [4.78, 5) is 11.4. The van der Waals surface area contributed by atoms with Crippen molar-refractivity contribution in [1.82, 2.24) is 0 Å². The van der Waals surface area contributed by atoms with Crippen LogP contribution in [0.5, 0.6) is 5.75 Å². The summed E-state index contributed by atoms with van der Waals surface area (Å²) in [6.45, 7) is 0. The number of rotatable bonds is 3. The van der Waals surface area contributed by atoms with E-state index in [2.05, 4.69) is 0 Å². The predicted molar refractivity (Wildman–Crippen MR) is 70.3 cm³/mol. The molecule has 6 heteroatoms. The Hall–Kier alpha value is -1.72. The van der Waals surface area contributed by atoms with E-state index in [0.29, 0.717) is 5.02 Å². The summed E-state index contributed by atoms with van der Waals surface area (Å²) in [6, 6.07) is 11.1. The summed E-state index contributed by atoms with van der Waals surface area (Å²) in [5.74, 6) is -0.107. The maximum atomic E-state index is 10.9. The van der Waals surface area contributed by atoms with Crippen LogP contribution in [0.1, 0.15) is 0 Å². The minimum Gasteiger partial charge on any atom is -0.506 e. The fourth-order valence-electron chi connectivity index (χ4n) is 1.38. The third-order valence-electron chi connectivity index (χ3n) is 2.20. The number of nitro groups is 1. The number of phenolic OH excluding ortho intramolecular Hbond substituents is 1. The van der Waals surface area contributed by atoms with Crippen LogP contribution in [0.25, 0.3) is 0 Å². The van der Waals surface area contributed by atoms with Crippen molar-refractivity contribution in [2.75, 3.05) is 0 Å². The zero-order chi connectivity index (χ0) is 13.1. The van der Waals surface area contributed by atoms with Crippen LogP contribution in [0.15, 0.2) is 52.3 Å². The second kappa shape index (κ2) is 5.29. The van der Waals surface area contributed by atoms with Crippen LogP contribution in [0.3, 0.4) is 0 Å². The average molecular weight is 282 g/mol. The molecule has 0 spiro atoms. The van der Waals surface area contributed by atoms with Gasteiger partial charge in [-0.2, -0.15) is 0 Å². The van der Waals surface area contributed by atoms with Gasteiger partial charge >= 0.3 is 0 Å². The highest BCUT2D eigenvalue weighted by molar-refractivity contribution is 7.99. The first-order chi connectivity index (χ1) is 8.58. The van der Waals surface area contributed by atoms with Gasteiger partial charge in [-0.05, 0) is 30.3 Å². The van der Waals surface area contributed by atoms with Crippen LogP contribution in [0.2, 0.25) is 5.02 Å². The molecule has 0 atom stereocenters. The molecule has 4 nitrogen and oxygen atoms in total. The third kappa shape index (κ3) is 2.75. The minimum absolute atomic E-state index is 0.107. The molecule has 2 aromatic carbocycles. The molecular weight excluding hydrogens is 274 g/mol. The fourth-order valence-corrected chi connectivity index (χ4v) is 2.44. The van der Waals surface area contributed by atoms with Gasteiger partial charge in [-0.25, -0.2) is 0 Å². The molecule has 2 aromatic rings. The van der Waals surface area contributed by atoms with Crippen molar-refractivity contribution in [3.8, 4) is 5.75 Å². The van der Waals surface area contributed by atoms with E-state index in [-0.39, 0.29) is 16.3 Å². The van der Waals surface area contributed by atoms with Crippen molar-refractivity contribution in [3.05, 3.63) is 57.6 Å². The standard InChI is InChI=1S/C12H8ClNO3S/c13-8-4-6-9(7-5-8)18-12-10(14(16)17)2-1-3-11(12)15/h1-7,15H. The van der Waals surface area contributed by atoms with Crippen LogP contribution in [0, 0.1) is 10.1 Å². The van der Waals surface area contributed by atoms with E-state index >= 15 is 0 Å². The lowest BCUT2D eigenvalue weighted by Crippen LogP contribution is -1.90. The van der Waals surface area contributed by atoms with Gasteiger partial charge in [-0.3, -0.25) is 10.1 Å². The monoisotopic (exact) mass is 281 g/mol. The largest absolute Gasteiger partial charge is 0.506 e. The number of hydrogen-bond donors (Lipinski definition) is 1. The molecule has 0 aromatic heterocycles. The van der Waals surface area contributed by atoms with E-state index in [9.17, 15) is 15.2 Å². The molecule has 1 N–H and O–H groups in total. The first-order valence-corrected chi connectivity index (χ1v) is 6.17. The maximum absolute atomic E-state index is 10.9. The molecule has 0 bridgehead atoms. The van der Waals surface area contributed by atoms with E-state index in [1.165, 1.54) is 18.2 Å². The lowest BCUT2D eigenvalue weighted by molar-refractivity contribution is -0.387. The van der Waals surface area contributed by atoms with E-state index in [1.54, 1.807) is 24.3 Å². The summed E-state index contributed by atoms with van der Waals surface area (Å²) < 4.78 is 0. The van der Waals surface area contributed by atoms with E-state index in [0.717, 1.165) is 16.7 Å². The van der Waals surface area contributed by atoms with E-state index in [4.69, 9.17) is 11.6 Å². The lowest BCUT2D eigenvalue weighted by Gasteiger charge is -2.05. The van der Waals surface area contributed by atoms with Crippen molar-refractivity contribution in [2.24, 2.45) is 0 Å². The van der Waals surface area contributed by atoms with Gasteiger partial charge in [-0.15, -0.1) is 0 Å². The Morgan fingerprint density at radius 1 is 1.17 bits per heavy atom. The van der Waals surface area contributed by atoms with Crippen molar-refractivity contribution < 1.29 is 10.0 Å². The lowest BCUT2D eigenvalue weighted by atomic mass is 10.3. The van der Waals surface area contributed by atoms with Crippen molar-refractivity contribution >= 4 is 29.1 Å². The number of phenols is 1. The minimum atomic E-state index is -0.516. The molecular formula is C12H8ClNO3S. The van der Waals surface area contributed by atoms with Crippen molar-refractivity contribution in [2.45, 2.75) is 9.79 Å². The van der Waals surface area contributed by atoms with Crippen LogP contribution in [-0.2, 0) is 0 Å². The van der Waals surface area contributed by atoms with Crippen LogP contribution < -0.4 is 0 Å². The fraction of sp³-hybridized carbons (Fsp3) is 0. The number of benzene rings is 2. The summed E-state index contributed by atoms with van der Waals surface area (Å²) in [5, 5.41) is 21.2. The first kappa shape index (κ1) is 12.7. The normalized spacial score (nSPS) is 10.3. The Morgan fingerprint density at radius 2 is 1.83 bits per heavy atom. The van der Waals surface area contributed by atoms with Crippen LogP contribution in [-0.4, -0.2) is 10.0 Å². The molecule has 0 aliphatic rings. The summed E-state index contributed by atoms with van der Waals surface area (Å²) >= 11 is 6.89. The molecule has 0 fully saturated rings. The van der Waals surface area contributed by atoms with Crippen molar-refractivity contribution in [3.63, 3.8) is 0 Å². The van der Waals surface area contributed by atoms with Gasteiger partial charge in [0.1, 0.15) is 10.6 Å². The van der Waals surface area contributed by atoms with Gasteiger partial charge < -0.3 is 5.11 Å². The van der Waals surface area contributed by atoms with Gasteiger partial charge in [0.25, 0.3) is 5.69 Å². The molecule has 0 aliphatic heterocycles. The molecule has 0 amide bonds. The predicted octanol–water partition coefficient (Wildman–Crippen LogP) is 4.11. The highest BCUT2D eigenvalue weighted by Crippen LogP contribution is 2.40. The molecule has 18 heavy (non-hydrogen) atoms.